The van der Waals surface area contributed by atoms with Gasteiger partial charge in [-0.25, -0.2) is 4.79 Å². The van der Waals surface area contributed by atoms with Gasteiger partial charge in [-0.2, -0.15) is 0 Å². The average Bonchev–Trinajstić information content (AvgIpc) is 2.71. The molecule has 28 heavy (non-hydrogen) atoms. The summed E-state index contributed by atoms with van der Waals surface area (Å²) < 4.78 is 26.4. The molecule has 0 saturated heterocycles. The lowest BCUT2D eigenvalue weighted by Gasteiger charge is -2.24. The molecular weight excluding hydrogens is 360 g/mol. The van der Waals surface area contributed by atoms with Crippen LogP contribution in [0.2, 0.25) is 0 Å². The molecular formula is C22H34O6. The first-order valence-corrected chi connectivity index (χ1v) is 9.62. The third kappa shape index (κ3) is 11.2. The Morgan fingerprint density at radius 3 is 2.50 bits per heavy atom. The van der Waals surface area contributed by atoms with E-state index in [9.17, 15) is 4.79 Å². The van der Waals surface area contributed by atoms with Gasteiger partial charge in [0.1, 0.15) is 13.6 Å². The largest absolute Gasteiger partial charge is 0.466 e. The fourth-order valence-electron chi connectivity index (χ4n) is 2.82. The first-order valence-electron chi connectivity index (χ1n) is 9.62. The van der Waals surface area contributed by atoms with E-state index in [1.807, 2.05) is 30.3 Å². The number of rotatable bonds is 15. The lowest BCUT2D eigenvalue weighted by Crippen LogP contribution is -2.24. The molecule has 0 heterocycles. The van der Waals surface area contributed by atoms with Crippen molar-refractivity contribution >= 4 is 5.97 Å². The standard InChI is InChI=1S/C22H34O6/c1-18(12-13-26-16-24-3)14-19(2)21(10-11-22(23)25-4)28-17-27-15-20-8-6-5-7-9-20/h5-11,18-19,21H,12-17H2,1-4H3/b11-10+/t18-,19+,21-/m1/s1. The molecule has 0 aliphatic heterocycles. The normalized spacial score (nSPS) is 14.7. The number of benzene rings is 1. The third-order valence-corrected chi connectivity index (χ3v) is 4.37. The van der Waals surface area contributed by atoms with Crippen molar-refractivity contribution in [1.82, 2.24) is 0 Å². The molecule has 0 N–H and O–H groups in total. The predicted molar refractivity (Wildman–Crippen MR) is 108 cm³/mol. The smallest absolute Gasteiger partial charge is 0.330 e. The molecule has 0 bridgehead atoms. The van der Waals surface area contributed by atoms with Crippen LogP contribution in [0, 0.1) is 11.8 Å². The average molecular weight is 395 g/mol. The van der Waals surface area contributed by atoms with Crippen molar-refractivity contribution in [1.29, 1.82) is 0 Å². The van der Waals surface area contributed by atoms with Gasteiger partial charge in [-0.15, -0.1) is 0 Å². The number of ether oxygens (including phenoxy) is 5. The van der Waals surface area contributed by atoms with Crippen LogP contribution >= 0.6 is 0 Å². The van der Waals surface area contributed by atoms with Crippen molar-refractivity contribution in [2.24, 2.45) is 11.8 Å². The number of hydrogen-bond acceptors (Lipinski definition) is 6. The van der Waals surface area contributed by atoms with Gasteiger partial charge in [0.25, 0.3) is 0 Å². The van der Waals surface area contributed by atoms with E-state index in [2.05, 4.69) is 18.6 Å². The predicted octanol–water partition coefficient (Wildman–Crippen LogP) is 3.95. The second-order valence-electron chi connectivity index (χ2n) is 6.89. The van der Waals surface area contributed by atoms with E-state index < -0.39 is 5.97 Å². The Morgan fingerprint density at radius 2 is 1.82 bits per heavy atom. The minimum Gasteiger partial charge on any atom is -0.466 e. The minimum absolute atomic E-state index is 0.154. The highest BCUT2D eigenvalue weighted by Crippen LogP contribution is 2.21. The van der Waals surface area contributed by atoms with Crippen LogP contribution in [-0.4, -0.2) is 46.5 Å². The molecule has 0 amide bonds. The van der Waals surface area contributed by atoms with Crippen LogP contribution in [-0.2, 0) is 35.1 Å². The molecule has 0 radical (unpaired) electrons. The molecule has 0 aromatic heterocycles. The Kier molecular flexibility index (Phi) is 13.2. The zero-order valence-electron chi connectivity index (χ0n) is 17.5. The number of hydrogen-bond donors (Lipinski definition) is 0. The third-order valence-electron chi connectivity index (χ3n) is 4.37. The van der Waals surface area contributed by atoms with Gasteiger partial charge >= 0.3 is 5.97 Å². The monoisotopic (exact) mass is 394 g/mol. The number of carbonyl (C=O) groups is 1. The van der Waals surface area contributed by atoms with E-state index in [-0.39, 0.29) is 18.8 Å². The molecule has 1 aromatic carbocycles. The summed E-state index contributed by atoms with van der Waals surface area (Å²) in [6.07, 6.45) is 4.79. The molecule has 6 nitrogen and oxygen atoms in total. The van der Waals surface area contributed by atoms with E-state index in [0.29, 0.717) is 25.9 Å². The zero-order valence-corrected chi connectivity index (χ0v) is 17.5. The molecule has 6 heteroatoms. The maximum atomic E-state index is 11.5. The van der Waals surface area contributed by atoms with Crippen molar-refractivity contribution in [3.63, 3.8) is 0 Å². The van der Waals surface area contributed by atoms with Crippen LogP contribution in [0.25, 0.3) is 0 Å². The summed E-state index contributed by atoms with van der Waals surface area (Å²) in [7, 11) is 2.97. The summed E-state index contributed by atoms with van der Waals surface area (Å²) in [6.45, 7) is 5.90. The van der Waals surface area contributed by atoms with Crippen molar-refractivity contribution in [3.05, 3.63) is 48.0 Å². The van der Waals surface area contributed by atoms with E-state index in [1.165, 1.54) is 13.2 Å². The zero-order chi connectivity index (χ0) is 20.6. The van der Waals surface area contributed by atoms with Gasteiger partial charge in [0.15, 0.2) is 0 Å². The second kappa shape index (κ2) is 15.2. The molecule has 0 spiro atoms. The number of carbonyl (C=O) groups excluding carboxylic acids is 1. The Hall–Kier alpha value is -1.73. The topological polar surface area (TPSA) is 63.2 Å². The van der Waals surface area contributed by atoms with Gasteiger partial charge < -0.3 is 23.7 Å². The molecule has 0 aliphatic rings. The van der Waals surface area contributed by atoms with Crippen molar-refractivity contribution in [2.75, 3.05) is 34.4 Å². The van der Waals surface area contributed by atoms with Crippen LogP contribution in [0.1, 0.15) is 32.3 Å². The van der Waals surface area contributed by atoms with Gasteiger partial charge in [0.2, 0.25) is 0 Å². The summed E-state index contributed by atoms with van der Waals surface area (Å²) in [5.74, 6) is 0.264. The van der Waals surface area contributed by atoms with Crippen molar-refractivity contribution < 1.29 is 28.5 Å². The Labute approximate surface area is 168 Å². The van der Waals surface area contributed by atoms with Gasteiger partial charge in [0.05, 0.1) is 19.8 Å². The number of esters is 1. The van der Waals surface area contributed by atoms with Gasteiger partial charge in [0, 0.05) is 19.8 Å². The van der Waals surface area contributed by atoms with Crippen LogP contribution in [0.15, 0.2) is 42.5 Å². The molecule has 3 atom stereocenters. The highest BCUT2D eigenvalue weighted by Gasteiger charge is 2.19. The highest BCUT2D eigenvalue weighted by atomic mass is 16.7. The minimum atomic E-state index is -0.396. The highest BCUT2D eigenvalue weighted by molar-refractivity contribution is 5.81. The van der Waals surface area contributed by atoms with Crippen LogP contribution < -0.4 is 0 Å². The lowest BCUT2D eigenvalue weighted by molar-refractivity contribution is -0.135. The summed E-state index contributed by atoms with van der Waals surface area (Å²) in [4.78, 5) is 11.5. The van der Waals surface area contributed by atoms with Gasteiger partial charge in [-0.3, -0.25) is 0 Å². The maximum absolute atomic E-state index is 11.5. The SMILES string of the molecule is COCOCC[C@@H](C)C[C@H](C)[C@@H](/C=C/C(=O)OC)OCOCc1ccccc1. The lowest BCUT2D eigenvalue weighted by atomic mass is 9.91. The van der Waals surface area contributed by atoms with Crippen LogP contribution in [0.5, 0.6) is 0 Å². The van der Waals surface area contributed by atoms with Gasteiger partial charge in [-0.05, 0) is 36.3 Å². The number of methoxy groups -OCH3 is 2. The molecule has 0 fully saturated rings. The molecule has 1 rings (SSSR count). The first-order chi connectivity index (χ1) is 13.6. The van der Waals surface area contributed by atoms with E-state index >= 15 is 0 Å². The van der Waals surface area contributed by atoms with Crippen molar-refractivity contribution in [2.45, 2.75) is 39.4 Å². The molecule has 0 unspecified atom stereocenters. The molecule has 1 aromatic rings. The van der Waals surface area contributed by atoms with E-state index in [0.717, 1.165) is 18.4 Å². The van der Waals surface area contributed by atoms with Crippen LogP contribution in [0.4, 0.5) is 0 Å². The second-order valence-corrected chi connectivity index (χ2v) is 6.89. The summed E-state index contributed by atoms with van der Waals surface area (Å²) >= 11 is 0. The molecule has 158 valence electrons. The maximum Gasteiger partial charge on any atom is 0.330 e. The molecule has 0 aliphatic carbocycles. The summed E-state index contributed by atoms with van der Waals surface area (Å²) in [6, 6.07) is 9.93. The van der Waals surface area contributed by atoms with Gasteiger partial charge in [-0.1, -0.05) is 44.2 Å². The Balaban J connectivity index is 2.47. The van der Waals surface area contributed by atoms with Crippen molar-refractivity contribution in [3.8, 4) is 0 Å². The fourth-order valence-corrected chi connectivity index (χ4v) is 2.82. The quantitative estimate of drug-likeness (QED) is 0.194. The van der Waals surface area contributed by atoms with E-state index in [4.69, 9.17) is 18.9 Å². The summed E-state index contributed by atoms with van der Waals surface area (Å²) in [5.41, 5.74) is 1.09. The summed E-state index contributed by atoms with van der Waals surface area (Å²) in [5, 5.41) is 0. The fraction of sp³-hybridized carbons (Fsp3) is 0.591. The Morgan fingerprint density at radius 1 is 1.07 bits per heavy atom. The van der Waals surface area contributed by atoms with Crippen LogP contribution in [0.3, 0.4) is 0 Å². The first kappa shape index (κ1) is 24.3. The molecule has 0 saturated carbocycles. The van der Waals surface area contributed by atoms with E-state index in [1.54, 1.807) is 13.2 Å². The Bertz CT molecular complexity index is 545.